The van der Waals surface area contributed by atoms with Crippen molar-refractivity contribution >= 4 is 5.91 Å². The summed E-state index contributed by atoms with van der Waals surface area (Å²) in [5, 5.41) is 9.51. The number of alkyl halides is 3. The molecule has 0 spiro atoms. The molecule has 6 heteroatoms. The number of hydrogen-bond acceptors (Lipinski definition) is 2. The Kier molecular flexibility index (Phi) is 4.87. The second-order valence-electron chi connectivity index (χ2n) is 5.84. The zero-order valence-electron chi connectivity index (χ0n) is 11.6. The summed E-state index contributed by atoms with van der Waals surface area (Å²) in [6.07, 6.45) is -5.13. The van der Waals surface area contributed by atoms with Crippen molar-refractivity contribution in [2.45, 2.75) is 51.8 Å². The van der Waals surface area contributed by atoms with Crippen molar-refractivity contribution in [3.8, 4) is 0 Å². The van der Waals surface area contributed by atoms with Crippen molar-refractivity contribution in [2.75, 3.05) is 13.1 Å². The van der Waals surface area contributed by atoms with Crippen molar-refractivity contribution in [3.05, 3.63) is 0 Å². The number of carbonyl (C=O) groups excluding carboxylic acids is 1. The van der Waals surface area contributed by atoms with Crippen LogP contribution in [0.25, 0.3) is 0 Å². The van der Waals surface area contributed by atoms with Crippen LogP contribution in [0.3, 0.4) is 0 Å². The average Bonchev–Trinajstić information content (AvgIpc) is 2.28. The Morgan fingerprint density at radius 2 is 1.74 bits per heavy atom. The first-order valence-electron chi connectivity index (χ1n) is 6.64. The van der Waals surface area contributed by atoms with E-state index in [1.165, 1.54) is 4.90 Å². The maximum Gasteiger partial charge on any atom is 0.417 e. The Labute approximate surface area is 111 Å². The van der Waals surface area contributed by atoms with Gasteiger partial charge in [0.05, 0.1) is 0 Å². The number of aliphatic hydroxyl groups is 1. The fourth-order valence-corrected chi connectivity index (χ4v) is 2.05. The van der Waals surface area contributed by atoms with Gasteiger partial charge in [-0.15, -0.1) is 0 Å². The number of piperidine rings is 1. The van der Waals surface area contributed by atoms with E-state index < -0.39 is 24.6 Å². The molecule has 0 radical (unpaired) electrons. The number of carbonyl (C=O) groups is 1. The Bertz CT molecular complexity index is 320. The highest BCUT2D eigenvalue weighted by Crippen LogP contribution is 2.38. The van der Waals surface area contributed by atoms with Crippen LogP contribution in [-0.4, -0.2) is 40.8 Å². The van der Waals surface area contributed by atoms with Crippen LogP contribution in [0.1, 0.15) is 40.0 Å². The van der Waals surface area contributed by atoms with Crippen LogP contribution >= 0.6 is 0 Å². The molecule has 1 unspecified atom stereocenters. The molecule has 0 saturated carbocycles. The van der Waals surface area contributed by atoms with Crippen LogP contribution in [-0.2, 0) is 4.79 Å². The van der Waals surface area contributed by atoms with Gasteiger partial charge in [0, 0.05) is 32.4 Å². The minimum Gasteiger partial charge on any atom is -0.380 e. The lowest BCUT2D eigenvalue weighted by Crippen LogP contribution is -2.54. The molecule has 0 aromatic carbocycles. The fourth-order valence-electron chi connectivity index (χ4n) is 2.05. The third kappa shape index (κ3) is 3.84. The molecule has 1 saturated heterocycles. The first-order chi connectivity index (χ1) is 8.57. The van der Waals surface area contributed by atoms with Gasteiger partial charge in [0.1, 0.15) is 0 Å². The van der Waals surface area contributed by atoms with Crippen LogP contribution in [0.2, 0.25) is 0 Å². The van der Waals surface area contributed by atoms with E-state index in [0.717, 1.165) is 0 Å². The Morgan fingerprint density at radius 3 is 2.11 bits per heavy atom. The standard InChI is InChI=1S/C13H22F3NO2/c1-9(2)10(3)8-11(18)17-6-4-12(19,5-7-17)13(14,15)16/h9-10,19H,4-8H2,1-3H3. The molecule has 3 nitrogen and oxygen atoms in total. The topological polar surface area (TPSA) is 40.5 Å². The number of halogens is 3. The predicted molar refractivity (Wildman–Crippen MR) is 65.4 cm³/mol. The zero-order chi connectivity index (χ0) is 14.8. The molecule has 1 rings (SSSR count). The fraction of sp³-hybridized carbons (Fsp3) is 0.923. The number of hydrogen-bond donors (Lipinski definition) is 1. The van der Waals surface area contributed by atoms with E-state index in [4.69, 9.17) is 0 Å². The first kappa shape index (κ1) is 16.3. The van der Waals surface area contributed by atoms with Crippen LogP contribution in [0, 0.1) is 11.8 Å². The van der Waals surface area contributed by atoms with Gasteiger partial charge in [0.2, 0.25) is 5.91 Å². The van der Waals surface area contributed by atoms with Crippen LogP contribution < -0.4 is 0 Å². The quantitative estimate of drug-likeness (QED) is 0.863. The number of nitrogens with zero attached hydrogens (tertiary/aromatic N) is 1. The minimum atomic E-state index is -4.62. The molecule has 0 aromatic rings. The van der Waals surface area contributed by atoms with Gasteiger partial charge < -0.3 is 10.0 Å². The van der Waals surface area contributed by atoms with Gasteiger partial charge in [-0.2, -0.15) is 13.2 Å². The van der Waals surface area contributed by atoms with Crippen molar-refractivity contribution in [1.82, 2.24) is 4.90 Å². The summed E-state index contributed by atoms with van der Waals surface area (Å²) in [5.41, 5.74) is -2.63. The summed E-state index contributed by atoms with van der Waals surface area (Å²) in [7, 11) is 0. The van der Waals surface area contributed by atoms with Crippen molar-refractivity contribution in [3.63, 3.8) is 0 Å². The minimum absolute atomic E-state index is 0.0281. The van der Waals surface area contributed by atoms with Gasteiger partial charge in [-0.05, 0) is 11.8 Å². The monoisotopic (exact) mass is 281 g/mol. The first-order valence-corrected chi connectivity index (χ1v) is 6.64. The van der Waals surface area contributed by atoms with Crippen molar-refractivity contribution in [1.29, 1.82) is 0 Å². The summed E-state index contributed by atoms with van der Waals surface area (Å²) in [6.45, 7) is 5.92. The second-order valence-corrected chi connectivity index (χ2v) is 5.84. The van der Waals surface area contributed by atoms with Gasteiger partial charge in [0.25, 0.3) is 0 Å². The highest BCUT2D eigenvalue weighted by molar-refractivity contribution is 5.76. The lowest BCUT2D eigenvalue weighted by molar-refractivity contribution is -0.272. The molecule has 1 fully saturated rings. The number of likely N-dealkylation sites (tertiary alicyclic amines) is 1. The van der Waals surface area contributed by atoms with Crippen molar-refractivity contribution in [2.24, 2.45) is 11.8 Å². The zero-order valence-corrected chi connectivity index (χ0v) is 11.6. The van der Waals surface area contributed by atoms with E-state index in [9.17, 15) is 23.1 Å². The normalized spacial score (nSPS) is 21.6. The summed E-state index contributed by atoms with van der Waals surface area (Å²) >= 11 is 0. The molecule has 1 atom stereocenters. The SMILES string of the molecule is CC(C)C(C)CC(=O)N1CCC(O)(C(F)(F)F)CC1. The molecule has 0 bridgehead atoms. The highest BCUT2D eigenvalue weighted by atomic mass is 19.4. The second kappa shape index (κ2) is 5.69. The lowest BCUT2D eigenvalue weighted by Gasteiger charge is -2.39. The van der Waals surface area contributed by atoms with Gasteiger partial charge in [-0.1, -0.05) is 20.8 Å². The van der Waals surface area contributed by atoms with E-state index in [-0.39, 0.29) is 24.9 Å². The smallest absolute Gasteiger partial charge is 0.380 e. The maximum absolute atomic E-state index is 12.6. The van der Waals surface area contributed by atoms with Gasteiger partial charge in [0.15, 0.2) is 5.60 Å². The van der Waals surface area contributed by atoms with E-state index in [2.05, 4.69) is 0 Å². The number of rotatable bonds is 3. The van der Waals surface area contributed by atoms with Gasteiger partial charge in [-0.3, -0.25) is 4.79 Å². The van der Waals surface area contributed by atoms with Crippen LogP contribution in [0.15, 0.2) is 0 Å². The van der Waals surface area contributed by atoms with E-state index in [1.54, 1.807) is 0 Å². The Balaban J connectivity index is 2.52. The molecule has 1 N–H and O–H groups in total. The molecule has 1 amide bonds. The average molecular weight is 281 g/mol. The molecule has 1 aliphatic rings. The summed E-state index contributed by atoms with van der Waals surface area (Å²) in [6, 6.07) is 0. The molecule has 1 aliphatic heterocycles. The van der Waals surface area contributed by atoms with Gasteiger partial charge in [-0.25, -0.2) is 0 Å². The highest BCUT2D eigenvalue weighted by Gasteiger charge is 2.54. The third-order valence-electron chi connectivity index (χ3n) is 4.11. The maximum atomic E-state index is 12.6. The van der Waals surface area contributed by atoms with Crippen LogP contribution in [0.5, 0.6) is 0 Å². The Morgan fingerprint density at radius 1 is 1.26 bits per heavy atom. The molecular formula is C13H22F3NO2. The predicted octanol–water partition coefficient (Wildman–Crippen LogP) is 2.58. The number of amides is 1. The molecule has 112 valence electrons. The van der Waals surface area contributed by atoms with Gasteiger partial charge >= 0.3 is 6.18 Å². The molecule has 0 aliphatic carbocycles. The van der Waals surface area contributed by atoms with E-state index in [0.29, 0.717) is 12.3 Å². The molecule has 0 aromatic heterocycles. The summed E-state index contributed by atoms with van der Waals surface area (Å²) in [4.78, 5) is 13.4. The molecule has 19 heavy (non-hydrogen) atoms. The molecular weight excluding hydrogens is 259 g/mol. The molecule has 1 heterocycles. The van der Waals surface area contributed by atoms with Crippen LogP contribution in [0.4, 0.5) is 13.2 Å². The third-order valence-corrected chi connectivity index (χ3v) is 4.11. The summed E-state index contributed by atoms with van der Waals surface area (Å²) < 4.78 is 37.8. The van der Waals surface area contributed by atoms with E-state index in [1.807, 2.05) is 20.8 Å². The van der Waals surface area contributed by atoms with E-state index >= 15 is 0 Å². The lowest BCUT2D eigenvalue weighted by atomic mass is 9.89. The van der Waals surface area contributed by atoms with Crippen molar-refractivity contribution < 1.29 is 23.1 Å². The Hall–Kier alpha value is -0.780. The summed E-state index contributed by atoms with van der Waals surface area (Å²) in [5.74, 6) is 0.446. The largest absolute Gasteiger partial charge is 0.417 e.